The molecular weight excluding hydrogens is 494 g/mol. The summed E-state index contributed by atoms with van der Waals surface area (Å²) in [5.41, 5.74) is -0.385. The first-order valence-corrected chi connectivity index (χ1v) is 12.9. The summed E-state index contributed by atoms with van der Waals surface area (Å²) in [4.78, 5) is 32.9. The van der Waals surface area contributed by atoms with Crippen LogP contribution in [0.1, 0.15) is 55.7 Å². The third-order valence-corrected chi connectivity index (χ3v) is 7.06. The van der Waals surface area contributed by atoms with Crippen LogP contribution in [0, 0.1) is 0 Å². The maximum absolute atomic E-state index is 14.2. The Kier molecular flexibility index (Phi) is 6.76. The highest BCUT2D eigenvalue weighted by molar-refractivity contribution is 6.10. The molecule has 1 heterocycles. The van der Waals surface area contributed by atoms with E-state index in [1.54, 1.807) is 52.1 Å². The van der Waals surface area contributed by atoms with Gasteiger partial charge in [-0.2, -0.15) is 0 Å². The van der Waals surface area contributed by atoms with Crippen molar-refractivity contribution in [3.05, 3.63) is 113 Å². The van der Waals surface area contributed by atoms with E-state index in [1.807, 2.05) is 60.7 Å². The number of carbonyl (C=O) groups is 2. The number of allylic oxidation sites excluding steroid dienone is 1. The number of aliphatic hydroxyl groups excluding tert-OH is 1. The molecule has 0 saturated carbocycles. The Bertz CT molecular complexity index is 1440. The van der Waals surface area contributed by atoms with Gasteiger partial charge in [-0.1, -0.05) is 60.7 Å². The number of hydrogen-bond donors (Lipinski definition) is 1. The van der Waals surface area contributed by atoms with Gasteiger partial charge in [0.1, 0.15) is 17.1 Å². The Morgan fingerprint density at radius 2 is 1.56 bits per heavy atom. The van der Waals surface area contributed by atoms with Gasteiger partial charge in [0.25, 0.3) is 0 Å². The number of nitrogens with zero attached hydrogens (tertiary/aromatic N) is 1. The van der Waals surface area contributed by atoms with E-state index in [4.69, 9.17) is 19.2 Å². The van der Waals surface area contributed by atoms with Crippen LogP contribution in [-0.4, -0.2) is 41.2 Å². The van der Waals surface area contributed by atoms with Gasteiger partial charge < -0.3 is 19.3 Å². The summed E-state index contributed by atoms with van der Waals surface area (Å²) in [5.74, 6) is -2.27. The van der Waals surface area contributed by atoms with Crippen molar-refractivity contribution in [1.82, 2.24) is 0 Å². The number of ether oxygens (including phenoxy) is 3. The lowest BCUT2D eigenvalue weighted by Crippen LogP contribution is -2.51. The molecule has 0 unspecified atom stereocenters. The zero-order valence-corrected chi connectivity index (χ0v) is 22.4. The van der Waals surface area contributed by atoms with Crippen molar-refractivity contribution < 1.29 is 28.9 Å². The molecule has 0 fully saturated rings. The van der Waals surface area contributed by atoms with Crippen LogP contribution in [0.15, 0.2) is 101 Å². The van der Waals surface area contributed by atoms with Crippen LogP contribution in [0.5, 0.6) is 5.75 Å². The van der Waals surface area contributed by atoms with E-state index in [2.05, 4.69) is 0 Å². The molecule has 1 aliphatic carbocycles. The third kappa shape index (κ3) is 4.80. The first kappa shape index (κ1) is 26.2. The summed E-state index contributed by atoms with van der Waals surface area (Å²) in [7, 11) is 1.56. The average molecular weight is 526 g/mol. The average Bonchev–Trinajstić information content (AvgIpc) is 3.26. The number of aliphatic hydroxyl groups is 1. The molecule has 200 valence electrons. The molecule has 0 radical (unpaired) electrons. The summed E-state index contributed by atoms with van der Waals surface area (Å²) in [6, 6.07) is 25.6. The number of benzene rings is 3. The topological polar surface area (TPSA) is 94.4 Å². The van der Waals surface area contributed by atoms with Crippen molar-refractivity contribution >= 4 is 17.8 Å². The lowest BCUT2D eigenvalue weighted by molar-refractivity contribution is -0.151. The molecule has 39 heavy (non-hydrogen) atoms. The quantitative estimate of drug-likeness (QED) is 0.419. The molecule has 0 saturated heterocycles. The molecule has 1 spiro atoms. The van der Waals surface area contributed by atoms with Gasteiger partial charge in [-0.25, -0.2) is 14.6 Å². The number of cyclic esters (lactones) is 1. The number of methoxy groups -OCH3 is 1. The van der Waals surface area contributed by atoms with Crippen molar-refractivity contribution in [3.8, 4) is 5.75 Å². The fraction of sp³-hybridized carbons (Fsp3) is 0.281. The Balaban J connectivity index is 1.80. The molecule has 7 nitrogen and oxygen atoms in total. The summed E-state index contributed by atoms with van der Waals surface area (Å²) in [6.07, 6.45) is 0.00587. The normalized spacial score (nSPS) is 22.9. The van der Waals surface area contributed by atoms with E-state index >= 15 is 0 Å². The van der Waals surface area contributed by atoms with E-state index < -0.39 is 34.9 Å². The molecule has 1 N–H and O–H groups in total. The van der Waals surface area contributed by atoms with E-state index in [1.165, 1.54) is 0 Å². The standard InChI is InChI=1S/C32H31NO6/c1-31(2,3)39-29(35)26-25(34)19-24(20-11-7-5-8-12-20)32(27(26)21-15-17-23(37-4)18-16-21)30(36)38-28(33-32)22-13-9-6-10-14-22/h5-18,24,27,34H,19H2,1-4H3/t24-,27+,32-/m1/s1. The maximum atomic E-state index is 14.2. The Morgan fingerprint density at radius 1 is 0.949 bits per heavy atom. The second-order valence-electron chi connectivity index (χ2n) is 10.7. The van der Waals surface area contributed by atoms with Crippen LogP contribution in [0.2, 0.25) is 0 Å². The maximum Gasteiger partial charge on any atom is 0.342 e. The van der Waals surface area contributed by atoms with Crippen LogP contribution in [0.4, 0.5) is 0 Å². The van der Waals surface area contributed by atoms with Crippen molar-refractivity contribution in [3.63, 3.8) is 0 Å². The van der Waals surface area contributed by atoms with Gasteiger partial charge >= 0.3 is 11.9 Å². The lowest BCUT2D eigenvalue weighted by Gasteiger charge is -2.43. The van der Waals surface area contributed by atoms with Gasteiger partial charge in [-0.05, 0) is 56.2 Å². The number of aliphatic imine (C=N–C) groups is 1. The molecule has 7 heteroatoms. The van der Waals surface area contributed by atoms with Gasteiger partial charge in [0.2, 0.25) is 5.90 Å². The van der Waals surface area contributed by atoms with Crippen molar-refractivity contribution in [2.75, 3.05) is 7.11 Å². The molecule has 1 aliphatic heterocycles. The zero-order chi connectivity index (χ0) is 27.8. The highest BCUT2D eigenvalue weighted by Gasteiger charge is 2.63. The predicted octanol–water partition coefficient (Wildman–Crippen LogP) is 5.86. The van der Waals surface area contributed by atoms with Gasteiger partial charge in [-0.15, -0.1) is 0 Å². The van der Waals surface area contributed by atoms with E-state index in [0.717, 1.165) is 5.56 Å². The minimum atomic E-state index is -1.58. The Morgan fingerprint density at radius 3 is 2.15 bits per heavy atom. The fourth-order valence-electron chi connectivity index (χ4n) is 5.40. The molecule has 2 aliphatic rings. The summed E-state index contributed by atoms with van der Waals surface area (Å²) >= 11 is 0. The lowest BCUT2D eigenvalue weighted by atomic mass is 9.61. The third-order valence-electron chi connectivity index (χ3n) is 7.06. The van der Waals surface area contributed by atoms with E-state index in [0.29, 0.717) is 16.9 Å². The van der Waals surface area contributed by atoms with Gasteiger partial charge in [-0.3, -0.25) is 0 Å². The van der Waals surface area contributed by atoms with Crippen LogP contribution in [0.25, 0.3) is 0 Å². The molecule has 3 aromatic carbocycles. The molecule has 0 aromatic heterocycles. The van der Waals surface area contributed by atoms with Gasteiger partial charge in [0, 0.05) is 17.9 Å². The number of rotatable bonds is 5. The Hall–Kier alpha value is -4.39. The highest BCUT2D eigenvalue weighted by atomic mass is 16.6. The largest absolute Gasteiger partial charge is 0.512 e. The molecule has 5 rings (SSSR count). The number of carbonyl (C=O) groups excluding carboxylic acids is 2. The van der Waals surface area contributed by atoms with Crippen LogP contribution in [0.3, 0.4) is 0 Å². The molecule has 0 amide bonds. The van der Waals surface area contributed by atoms with Gasteiger partial charge in [0.15, 0.2) is 5.54 Å². The monoisotopic (exact) mass is 525 g/mol. The zero-order valence-electron chi connectivity index (χ0n) is 22.4. The minimum Gasteiger partial charge on any atom is -0.512 e. The number of esters is 2. The molecule has 3 atom stereocenters. The van der Waals surface area contributed by atoms with Crippen molar-refractivity contribution in [2.24, 2.45) is 4.99 Å². The van der Waals surface area contributed by atoms with Crippen LogP contribution < -0.4 is 4.74 Å². The highest BCUT2D eigenvalue weighted by Crippen LogP contribution is 2.56. The summed E-state index contributed by atoms with van der Waals surface area (Å²) in [5, 5.41) is 11.5. The van der Waals surface area contributed by atoms with Crippen molar-refractivity contribution in [1.29, 1.82) is 0 Å². The fourth-order valence-corrected chi connectivity index (χ4v) is 5.40. The number of hydrogen-bond acceptors (Lipinski definition) is 7. The van der Waals surface area contributed by atoms with Crippen molar-refractivity contribution in [2.45, 2.75) is 50.2 Å². The first-order valence-electron chi connectivity index (χ1n) is 12.9. The van der Waals surface area contributed by atoms with E-state index in [9.17, 15) is 14.7 Å². The molecular formula is C32H31NO6. The van der Waals surface area contributed by atoms with Gasteiger partial charge in [0.05, 0.1) is 18.6 Å². The smallest absolute Gasteiger partial charge is 0.342 e. The second kappa shape index (κ2) is 10.1. The molecule has 3 aromatic rings. The summed E-state index contributed by atoms with van der Waals surface area (Å²) < 4.78 is 17.0. The summed E-state index contributed by atoms with van der Waals surface area (Å²) in [6.45, 7) is 5.27. The second-order valence-corrected chi connectivity index (χ2v) is 10.7. The molecule has 0 bridgehead atoms. The van der Waals surface area contributed by atoms with Crippen LogP contribution in [-0.2, 0) is 19.1 Å². The predicted molar refractivity (Wildman–Crippen MR) is 147 cm³/mol. The minimum absolute atomic E-state index is 0.00251. The van der Waals surface area contributed by atoms with Crippen LogP contribution >= 0.6 is 0 Å². The first-order chi connectivity index (χ1) is 18.6. The van der Waals surface area contributed by atoms with E-state index in [-0.39, 0.29) is 23.7 Å². The SMILES string of the molecule is COc1ccc([C@H]2C(C(=O)OC(C)(C)C)=C(O)C[C@H](c3ccccc3)[C@@]23N=C(c2ccccc2)OC3=O)cc1. The Labute approximate surface area is 227 Å².